The van der Waals surface area contributed by atoms with Gasteiger partial charge in [0.2, 0.25) is 0 Å². The molecule has 0 fully saturated rings. The standard InChI is InChI=1S/C11H11FN2O2S/c12-4-5-14-10(15)8-6-2-1-3-7(6)17-9(8)13-11(14)16/h1-5H2,(H,13,16). The highest BCUT2D eigenvalue weighted by molar-refractivity contribution is 7.18. The average Bonchev–Trinajstić information content (AvgIpc) is 2.83. The number of nitrogens with one attached hydrogen (secondary N) is 1. The Kier molecular flexibility index (Phi) is 2.39. The summed E-state index contributed by atoms with van der Waals surface area (Å²) in [6, 6.07) is 0. The molecule has 0 aromatic carbocycles. The van der Waals surface area contributed by atoms with E-state index in [-0.39, 0.29) is 12.1 Å². The SMILES string of the molecule is O=c1[nH]c2sc3c(c2c(=O)n1CCF)CCC3. The van der Waals surface area contributed by atoms with Crippen molar-refractivity contribution in [2.45, 2.75) is 25.8 Å². The first-order chi connectivity index (χ1) is 8.22. The summed E-state index contributed by atoms with van der Waals surface area (Å²) in [5.41, 5.74) is 0.194. The Morgan fingerprint density at radius 2 is 2.18 bits per heavy atom. The molecule has 17 heavy (non-hydrogen) atoms. The first kappa shape index (κ1) is 10.7. The van der Waals surface area contributed by atoms with Crippen LogP contribution >= 0.6 is 11.3 Å². The summed E-state index contributed by atoms with van der Waals surface area (Å²) in [5, 5.41) is 0.593. The van der Waals surface area contributed by atoms with Crippen LogP contribution in [-0.4, -0.2) is 16.2 Å². The normalized spacial score (nSPS) is 14.4. The number of aryl methyl sites for hydroxylation is 2. The molecule has 1 aliphatic carbocycles. The van der Waals surface area contributed by atoms with Gasteiger partial charge in [-0.2, -0.15) is 0 Å². The Bertz CT molecular complexity index is 698. The van der Waals surface area contributed by atoms with Gasteiger partial charge in [0.05, 0.1) is 11.9 Å². The molecule has 2 heterocycles. The quantitative estimate of drug-likeness (QED) is 0.875. The van der Waals surface area contributed by atoms with E-state index in [1.165, 1.54) is 16.2 Å². The number of aromatic nitrogens is 2. The van der Waals surface area contributed by atoms with E-state index in [1.807, 2.05) is 0 Å². The summed E-state index contributed by atoms with van der Waals surface area (Å²) < 4.78 is 13.3. The highest BCUT2D eigenvalue weighted by atomic mass is 32.1. The second-order valence-corrected chi connectivity index (χ2v) is 5.24. The molecular weight excluding hydrogens is 243 g/mol. The molecule has 0 radical (unpaired) electrons. The van der Waals surface area contributed by atoms with Crippen LogP contribution in [0.25, 0.3) is 10.2 Å². The summed E-state index contributed by atoms with van der Waals surface area (Å²) in [7, 11) is 0. The Balaban J connectivity index is 2.39. The molecule has 0 unspecified atom stereocenters. The molecule has 1 N–H and O–H groups in total. The van der Waals surface area contributed by atoms with Crippen LogP contribution in [0, 0.1) is 0 Å². The van der Waals surface area contributed by atoms with Crippen molar-refractivity contribution in [1.82, 2.24) is 9.55 Å². The van der Waals surface area contributed by atoms with Gasteiger partial charge in [-0.1, -0.05) is 0 Å². The number of aromatic amines is 1. The minimum atomic E-state index is -0.708. The van der Waals surface area contributed by atoms with Crippen LogP contribution in [0.5, 0.6) is 0 Å². The van der Waals surface area contributed by atoms with Crippen molar-refractivity contribution in [3.63, 3.8) is 0 Å². The van der Waals surface area contributed by atoms with Crippen molar-refractivity contribution in [3.8, 4) is 0 Å². The van der Waals surface area contributed by atoms with Crippen molar-refractivity contribution in [2.24, 2.45) is 0 Å². The molecule has 1 aliphatic rings. The Labute approximate surface area is 99.7 Å². The number of thiophene rings is 1. The number of hydrogen-bond acceptors (Lipinski definition) is 3. The van der Waals surface area contributed by atoms with Gasteiger partial charge in [-0.25, -0.2) is 9.18 Å². The maximum Gasteiger partial charge on any atom is 0.329 e. The van der Waals surface area contributed by atoms with E-state index >= 15 is 0 Å². The lowest BCUT2D eigenvalue weighted by Crippen LogP contribution is -2.35. The molecule has 0 atom stereocenters. The summed E-state index contributed by atoms with van der Waals surface area (Å²) in [6.45, 7) is -0.879. The number of nitrogens with zero attached hydrogens (tertiary/aromatic N) is 1. The van der Waals surface area contributed by atoms with Crippen LogP contribution in [0.15, 0.2) is 9.59 Å². The fourth-order valence-electron chi connectivity index (χ4n) is 2.40. The molecule has 0 bridgehead atoms. The van der Waals surface area contributed by atoms with Crippen LogP contribution in [0.3, 0.4) is 0 Å². The molecule has 0 amide bonds. The average molecular weight is 254 g/mol. The molecule has 2 aromatic heterocycles. The molecule has 0 aliphatic heterocycles. The summed E-state index contributed by atoms with van der Waals surface area (Å²) in [5.74, 6) is 0. The number of H-pyrrole nitrogens is 1. The highest BCUT2D eigenvalue weighted by Gasteiger charge is 2.21. The second kappa shape index (κ2) is 3.80. The minimum absolute atomic E-state index is 0.172. The molecule has 4 nitrogen and oxygen atoms in total. The zero-order chi connectivity index (χ0) is 12.0. The van der Waals surface area contributed by atoms with Gasteiger partial charge < -0.3 is 0 Å². The van der Waals surface area contributed by atoms with Crippen LogP contribution in [-0.2, 0) is 19.4 Å². The Morgan fingerprint density at radius 1 is 1.35 bits per heavy atom. The fraction of sp³-hybridized carbons (Fsp3) is 0.455. The Hall–Kier alpha value is -1.43. The third kappa shape index (κ3) is 1.47. The molecular formula is C11H11FN2O2S. The molecule has 0 saturated carbocycles. The highest BCUT2D eigenvalue weighted by Crippen LogP contribution is 2.33. The zero-order valence-corrected chi connectivity index (χ0v) is 9.90. The van der Waals surface area contributed by atoms with Gasteiger partial charge in [-0.3, -0.25) is 14.3 Å². The lowest BCUT2D eigenvalue weighted by atomic mass is 10.2. The maximum absolute atomic E-state index is 12.3. The molecule has 90 valence electrons. The van der Waals surface area contributed by atoms with Gasteiger partial charge in [0.1, 0.15) is 11.5 Å². The molecule has 0 spiro atoms. The van der Waals surface area contributed by atoms with Crippen molar-refractivity contribution < 1.29 is 4.39 Å². The first-order valence-corrected chi connectivity index (χ1v) is 6.37. The van der Waals surface area contributed by atoms with Crippen molar-refractivity contribution in [3.05, 3.63) is 31.3 Å². The van der Waals surface area contributed by atoms with E-state index < -0.39 is 12.4 Å². The lowest BCUT2D eigenvalue weighted by molar-refractivity contribution is 0.433. The monoisotopic (exact) mass is 254 g/mol. The molecule has 3 rings (SSSR count). The predicted octanol–water partition coefficient (Wildman–Crippen LogP) is 1.21. The van der Waals surface area contributed by atoms with E-state index in [1.54, 1.807) is 0 Å². The molecule has 2 aromatic rings. The zero-order valence-electron chi connectivity index (χ0n) is 9.09. The van der Waals surface area contributed by atoms with Crippen LogP contribution in [0.4, 0.5) is 4.39 Å². The topological polar surface area (TPSA) is 54.9 Å². The largest absolute Gasteiger partial charge is 0.329 e. The first-order valence-electron chi connectivity index (χ1n) is 5.55. The van der Waals surface area contributed by atoms with Crippen LogP contribution in [0.1, 0.15) is 16.9 Å². The Morgan fingerprint density at radius 3 is 2.94 bits per heavy atom. The van der Waals surface area contributed by atoms with E-state index in [2.05, 4.69) is 4.98 Å². The van der Waals surface area contributed by atoms with Crippen LogP contribution in [0.2, 0.25) is 0 Å². The van der Waals surface area contributed by atoms with Gasteiger partial charge in [0.25, 0.3) is 5.56 Å². The number of rotatable bonds is 2. The number of hydrogen-bond donors (Lipinski definition) is 1. The summed E-state index contributed by atoms with van der Waals surface area (Å²) >= 11 is 1.48. The van der Waals surface area contributed by atoms with Gasteiger partial charge >= 0.3 is 5.69 Å². The predicted molar refractivity (Wildman–Crippen MR) is 64.7 cm³/mol. The van der Waals surface area contributed by atoms with Crippen LogP contribution < -0.4 is 11.2 Å². The second-order valence-electron chi connectivity index (χ2n) is 4.14. The van der Waals surface area contributed by atoms with Gasteiger partial charge in [0.15, 0.2) is 0 Å². The smallest absolute Gasteiger partial charge is 0.298 e. The minimum Gasteiger partial charge on any atom is -0.298 e. The van der Waals surface area contributed by atoms with E-state index in [0.717, 1.165) is 29.4 Å². The summed E-state index contributed by atoms with van der Waals surface area (Å²) in [6.07, 6.45) is 2.91. The van der Waals surface area contributed by atoms with E-state index in [4.69, 9.17) is 0 Å². The van der Waals surface area contributed by atoms with Crippen molar-refractivity contribution >= 4 is 21.6 Å². The lowest BCUT2D eigenvalue weighted by Gasteiger charge is -2.01. The van der Waals surface area contributed by atoms with E-state index in [0.29, 0.717) is 10.2 Å². The van der Waals surface area contributed by atoms with Gasteiger partial charge in [-0.15, -0.1) is 11.3 Å². The van der Waals surface area contributed by atoms with Crippen molar-refractivity contribution in [2.75, 3.05) is 6.67 Å². The van der Waals surface area contributed by atoms with Gasteiger partial charge in [-0.05, 0) is 24.8 Å². The van der Waals surface area contributed by atoms with Gasteiger partial charge in [0, 0.05) is 4.88 Å². The third-order valence-electron chi connectivity index (χ3n) is 3.15. The van der Waals surface area contributed by atoms with Crippen molar-refractivity contribution in [1.29, 1.82) is 0 Å². The fourth-order valence-corrected chi connectivity index (χ4v) is 3.67. The number of halogens is 1. The number of alkyl halides is 1. The third-order valence-corrected chi connectivity index (χ3v) is 4.36. The summed E-state index contributed by atoms with van der Waals surface area (Å²) in [4.78, 5) is 28.3. The molecule has 0 saturated heterocycles. The maximum atomic E-state index is 12.3. The number of fused-ring (bicyclic) bond motifs is 3. The molecule has 6 heteroatoms. The van der Waals surface area contributed by atoms with E-state index in [9.17, 15) is 14.0 Å².